The molecule has 0 atom stereocenters. The van der Waals surface area contributed by atoms with Crippen LogP contribution in [0.1, 0.15) is 17.1 Å². The minimum Gasteiger partial charge on any atom is -0.348 e. The fraction of sp³-hybridized carbons (Fsp3) is 0. The topological polar surface area (TPSA) is 109 Å². The number of hydrogen-bond donors (Lipinski definition) is 1. The van der Waals surface area contributed by atoms with Crippen LogP contribution >= 0.6 is 23.4 Å². The van der Waals surface area contributed by atoms with Gasteiger partial charge in [-0.1, -0.05) is 35.5 Å². The number of benzene rings is 1. The number of para-hydroxylation sites is 1. The molecule has 6 nitrogen and oxygen atoms in total. The predicted octanol–water partition coefficient (Wildman–Crippen LogP) is 3.28. The Bertz CT molecular complexity index is 950. The van der Waals surface area contributed by atoms with E-state index in [1.807, 2.05) is 30.3 Å². The monoisotopic (exact) mass is 336 g/mol. The van der Waals surface area contributed by atoms with Crippen LogP contribution in [0.15, 0.2) is 34.2 Å². The van der Waals surface area contributed by atoms with Gasteiger partial charge >= 0.3 is 0 Å². The van der Waals surface area contributed by atoms with Crippen LogP contribution in [0.5, 0.6) is 0 Å². The molecular formula is C15H5ClN6S. The first-order chi connectivity index (χ1) is 11.2. The lowest BCUT2D eigenvalue weighted by Crippen LogP contribution is -2.03. The van der Waals surface area contributed by atoms with Crippen molar-refractivity contribution in [1.82, 2.24) is 9.97 Å². The molecule has 3 rings (SSSR count). The fourth-order valence-electron chi connectivity index (χ4n) is 1.97. The Morgan fingerprint density at radius 1 is 1.09 bits per heavy atom. The van der Waals surface area contributed by atoms with Gasteiger partial charge in [-0.2, -0.15) is 15.8 Å². The number of halogens is 1. The number of nitrogens with one attached hydrogen (secondary N) is 1. The van der Waals surface area contributed by atoms with E-state index in [0.29, 0.717) is 5.03 Å². The van der Waals surface area contributed by atoms with Gasteiger partial charge in [0, 0.05) is 4.90 Å². The smallest absolute Gasteiger partial charge is 0.178 e. The van der Waals surface area contributed by atoms with Crippen LogP contribution in [-0.4, -0.2) is 9.97 Å². The van der Waals surface area contributed by atoms with Crippen molar-refractivity contribution in [3.63, 3.8) is 0 Å². The largest absolute Gasteiger partial charge is 0.348 e. The lowest BCUT2D eigenvalue weighted by atomic mass is 10.2. The van der Waals surface area contributed by atoms with Gasteiger partial charge in [0.2, 0.25) is 0 Å². The molecule has 1 aromatic carbocycles. The van der Waals surface area contributed by atoms with E-state index in [1.54, 1.807) is 12.1 Å². The highest BCUT2D eigenvalue weighted by Crippen LogP contribution is 2.43. The first-order valence-corrected chi connectivity index (χ1v) is 7.43. The average Bonchev–Trinajstić information content (AvgIpc) is 3.00. The zero-order valence-electron chi connectivity index (χ0n) is 11.3. The second-order valence-corrected chi connectivity index (χ2v) is 5.73. The van der Waals surface area contributed by atoms with Crippen molar-refractivity contribution in [1.29, 1.82) is 15.8 Å². The van der Waals surface area contributed by atoms with Crippen molar-refractivity contribution < 1.29 is 0 Å². The first kappa shape index (κ1) is 14.9. The maximum atomic E-state index is 9.50. The van der Waals surface area contributed by atoms with Gasteiger partial charge in [0.15, 0.2) is 16.5 Å². The van der Waals surface area contributed by atoms with Crippen molar-refractivity contribution in [2.75, 3.05) is 5.32 Å². The molecule has 1 N–H and O–H groups in total. The molecule has 0 fully saturated rings. The van der Waals surface area contributed by atoms with E-state index in [9.17, 15) is 5.26 Å². The quantitative estimate of drug-likeness (QED) is 0.795. The lowest BCUT2D eigenvalue weighted by Gasteiger charge is -2.06. The minimum atomic E-state index is -0.168. The molecule has 8 heteroatoms. The molecule has 23 heavy (non-hydrogen) atoms. The van der Waals surface area contributed by atoms with E-state index < -0.39 is 0 Å². The lowest BCUT2D eigenvalue weighted by molar-refractivity contribution is 1.11. The molecular weight excluding hydrogens is 332 g/mol. The molecule has 0 saturated carbocycles. The number of nitrogens with zero attached hydrogens (tertiary/aromatic N) is 5. The molecule has 0 aliphatic carbocycles. The second-order valence-electron chi connectivity index (χ2n) is 4.32. The number of allylic oxidation sites excluding steroid dienone is 1. The highest BCUT2D eigenvalue weighted by atomic mass is 35.5. The normalized spacial score (nSPS) is 14.0. The van der Waals surface area contributed by atoms with E-state index in [-0.39, 0.29) is 27.8 Å². The van der Waals surface area contributed by atoms with Crippen molar-refractivity contribution in [3.8, 4) is 18.2 Å². The third-order valence-electron chi connectivity index (χ3n) is 2.99. The summed E-state index contributed by atoms with van der Waals surface area (Å²) in [5.74, 6) is 0. The molecule has 0 amide bonds. The summed E-state index contributed by atoms with van der Waals surface area (Å²) in [6, 6.07) is 13.2. The number of hydrogen-bond acceptors (Lipinski definition) is 7. The van der Waals surface area contributed by atoms with Crippen molar-refractivity contribution in [2.45, 2.75) is 4.90 Å². The number of rotatable bonds is 1. The van der Waals surface area contributed by atoms with Gasteiger partial charge < -0.3 is 5.32 Å². The van der Waals surface area contributed by atoms with Crippen LogP contribution in [-0.2, 0) is 0 Å². The van der Waals surface area contributed by atoms with Crippen molar-refractivity contribution in [2.24, 2.45) is 0 Å². The summed E-state index contributed by atoms with van der Waals surface area (Å²) in [5, 5.41) is 31.1. The molecule has 1 aromatic heterocycles. The molecule has 0 unspecified atom stereocenters. The summed E-state index contributed by atoms with van der Waals surface area (Å²) in [7, 11) is 0. The van der Waals surface area contributed by atoms with E-state index in [0.717, 1.165) is 10.6 Å². The summed E-state index contributed by atoms with van der Waals surface area (Å²) < 4.78 is 0. The van der Waals surface area contributed by atoms with Crippen LogP contribution in [0.25, 0.3) is 5.57 Å². The Labute approximate surface area is 140 Å². The van der Waals surface area contributed by atoms with Crippen LogP contribution in [0, 0.1) is 34.0 Å². The van der Waals surface area contributed by atoms with Crippen molar-refractivity contribution >= 4 is 34.6 Å². The summed E-state index contributed by atoms with van der Waals surface area (Å²) in [6.45, 7) is 0. The van der Waals surface area contributed by atoms with E-state index in [2.05, 4.69) is 15.3 Å². The van der Waals surface area contributed by atoms with Gasteiger partial charge in [-0.25, -0.2) is 9.97 Å². The van der Waals surface area contributed by atoms with Crippen LogP contribution < -0.4 is 5.32 Å². The summed E-state index contributed by atoms with van der Waals surface area (Å²) >= 11 is 7.41. The zero-order chi connectivity index (χ0) is 16.4. The predicted molar refractivity (Wildman–Crippen MR) is 84.9 cm³/mol. The fourth-order valence-corrected chi connectivity index (χ4v) is 3.19. The van der Waals surface area contributed by atoms with Gasteiger partial charge in [0.05, 0.1) is 10.7 Å². The molecule has 2 heterocycles. The van der Waals surface area contributed by atoms with E-state index in [4.69, 9.17) is 22.1 Å². The molecule has 108 valence electrons. The summed E-state index contributed by atoms with van der Waals surface area (Å²) in [6.07, 6.45) is 0. The number of anilines is 1. The molecule has 0 radical (unpaired) electrons. The van der Waals surface area contributed by atoms with Crippen molar-refractivity contribution in [3.05, 3.63) is 51.5 Å². The molecule has 0 bridgehead atoms. The molecule has 0 spiro atoms. The number of aromatic nitrogens is 2. The molecule has 0 saturated heterocycles. The third kappa shape index (κ3) is 2.58. The van der Waals surface area contributed by atoms with Gasteiger partial charge in [0.25, 0.3) is 0 Å². The Kier molecular flexibility index (Phi) is 3.87. The number of thioether (sulfide) groups is 1. The van der Waals surface area contributed by atoms with Crippen LogP contribution in [0.4, 0.5) is 5.69 Å². The Morgan fingerprint density at radius 3 is 2.43 bits per heavy atom. The van der Waals surface area contributed by atoms with Gasteiger partial charge in [-0.3, -0.25) is 0 Å². The maximum Gasteiger partial charge on any atom is 0.178 e. The third-order valence-corrected chi connectivity index (χ3v) is 4.34. The standard InChI is InChI=1S/C15H5ClN6S/c16-14-13(20-10(6-18)11(7-19)21-14)8(5-17)15-22-9-3-1-2-4-12(9)23-15/h1-4,22H/b15-8+. The minimum absolute atomic E-state index is 0.0764. The highest BCUT2D eigenvalue weighted by molar-refractivity contribution is 8.04. The van der Waals surface area contributed by atoms with Gasteiger partial charge in [-0.05, 0) is 12.1 Å². The number of nitriles is 3. The van der Waals surface area contributed by atoms with Gasteiger partial charge in [0.1, 0.15) is 29.5 Å². The van der Waals surface area contributed by atoms with Crippen LogP contribution in [0.3, 0.4) is 0 Å². The zero-order valence-corrected chi connectivity index (χ0v) is 12.9. The Hall–Kier alpha value is -3.05. The highest BCUT2D eigenvalue weighted by Gasteiger charge is 2.24. The Balaban J connectivity index is 2.15. The summed E-state index contributed by atoms with van der Waals surface area (Å²) in [4.78, 5) is 8.84. The first-order valence-electron chi connectivity index (χ1n) is 6.24. The van der Waals surface area contributed by atoms with Crippen LogP contribution in [0.2, 0.25) is 5.15 Å². The summed E-state index contributed by atoms with van der Waals surface area (Å²) in [5.41, 5.74) is 0.787. The van der Waals surface area contributed by atoms with E-state index in [1.165, 1.54) is 11.8 Å². The Morgan fingerprint density at radius 2 is 1.78 bits per heavy atom. The average molecular weight is 337 g/mol. The molecule has 2 aromatic rings. The molecule has 1 aliphatic rings. The SMILES string of the molecule is N#C/C(=C1/Nc2ccccc2S1)c1nc(C#N)c(C#N)nc1Cl. The second kappa shape index (κ2) is 5.98. The van der Waals surface area contributed by atoms with Gasteiger partial charge in [-0.15, -0.1) is 0 Å². The van der Waals surface area contributed by atoms with E-state index >= 15 is 0 Å². The number of fused-ring (bicyclic) bond motifs is 1. The maximum absolute atomic E-state index is 9.50. The molecule has 1 aliphatic heterocycles.